The van der Waals surface area contributed by atoms with Gasteiger partial charge in [0.25, 0.3) is 5.91 Å². The van der Waals surface area contributed by atoms with Crippen LogP contribution in [0.4, 0.5) is 5.69 Å². The Balaban J connectivity index is 1.87. The highest BCUT2D eigenvalue weighted by Crippen LogP contribution is 2.22. The molecule has 0 saturated carbocycles. The molecule has 0 aliphatic heterocycles. The Morgan fingerprint density at radius 3 is 2.54 bits per heavy atom. The molecule has 0 saturated heterocycles. The number of furan rings is 1. The Morgan fingerprint density at radius 1 is 1.14 bits per heavy atom. The molecule has 0 bridgehead atoms. The SMILES string of the molecule is CNS(=O)(=O)c1cc(NC(=O)c2cc(C)n(Cc3ccco3)c2C)ccc1C. The van der Waals surface area contributed by atoms with Crippen LogP contribution in [0.15, 0.2) is 52.0 Å². The summed E-state index contributed by atoms with van der Waals surface area (Å²) >= 11 is 0. The van der Waals surface area contributed by atoms with Crippen molar-refractivity contribution in [1.29, 1.82) is 0 Å². The molecule has 2 aromatic heterocycles. The maximum Gasteiger partial charge on any atom is 0.257 e. The van der Waals surface area contributed by atoms with Crippen LogP contribution in [-0.2, 0) is 16.6 Å². The zero-order valence-electron chi connectivity index (χ0n) is 16.2. The van der Waals surface area contributed by atoms with Crippen LogP contribution in [0.1, 0.15) is 33.1 Å². The molecule has 2 heterocycles. The number of rotatable bonds is 6. The van der Waals surface area contributed by atoms with Crippen molar-refractivity contribution in [3.05, 3.63) is 70.9 Å². The molecule has 148 valence electrons. The summed E-state index contributed by atoms with van der Waals surface area (Å²) in [5.74, 6) is 0.504. The molecule has 2 N–H and O–H groups in total. The highest BCUT2D eigenvalue weighted by atomic mass is 32.2. The summed E-state index contributed by atoms with van der Waals surface area (Å²) in [6.07, 6.45) is 1.62. The van der Waals surface area contributed by atoms with Crippen molar-refractivity contribution in [3.63, 3.8) is 0 Å². The van der Waals surface area contributed by atoms with Gasteiger partial charge in [0.05, 0.1) is 23.3 Å². The lowest BCUT2D eigenvalue weighted by Gasteiger charge is -2.11. The average molecular weight is 401 g/mol. The van der Waals surface area contributed by atoms with Crippen LogP contribution in [-0.4, -0.2) is 25.9 Å². The lowest BCUT2D eigenvalue weighted by molar-refractivity contribution is 0.102. The van der Waals surface area contributed by atoms with Crippen molar-refractivity contribution in [2.24, 2.45) is 0 Å². The largest absolute Gasteiger partial charge is 0.467 e. The Bertz CT molecular complexity index is 1110. The normalized spacial score (nSPS) is 11.6. The van der Waals surface area contributed by atoms with Crippen LogP contribution < -0.4 is 10.0 Å². The van der Waals surface area contributed by atoms with Crippen molar-refractivity contribution in [3.8, 4) is 0 Å². The predicted octanol–water partition coefficient (Wildman–Crippen LogP) is 3.22. The van der Waals surface area contributed by atoms with Crippen molar-refractivity contribution >= 4 is 21.6 Å². The molecular formula is C20H23N3O4S. The fraction of sp³-hybridized carbons (Fsp3) is 0.250. The number of aromatic nitrogens is 1. The van der Waals surface area contributed by atoms with Gasteiger partial charge in [-0.1, -0.05) is 6.07 Å². The van der Waals surface area contributed by atoms with Gasteiger partial charge in [-0.3, -0.25) is 4.79 Å². The van der Waals surface area contributed by atoms with E-state index < -0.39 is 10.0 Å². The zero-order valence-corrected chi connectivity index (χ0v) is 17.1. The van der Waals surface area contributed by atoms with E-state index in [4.69, 9.17) is 4.42 Å². The van der Waals surface area contributed by atoms with E-state index in [2.05, 4.69) is 10.0 Å². The van der Waals surface area contributed by atoms with E-state index in [1.54, 1.807) is 25.3 Å². The minimum atomic E-state index is -3.61. The zero-order chi connectivity index (χ0) is 20.5. The van der Waals surface area contributed by atoms with Crippen LogP contribution in [0.5, 0.6) is 0 Å². The van der Waals surface area contributed by atoms with Crippen LogP contribution >= 0.6 is 0 Å². The summed E-state index contributed by atoms with van der Waals surface area (Å²) < 4.78 is 34.0. The van der Waals surface area contributed by atoms with Crippen LogP contribution in [0.2, 0.25) is 0 Å². The molecule has 7 nitrogen and oxygen atoms in total. The standard InChI is InChI=1S/C20H23N3O4S/c1-13-7-8-16(11-19(13)28(25,26)21-4)22-20(24)18-10-14(2)23(15(18)3)12-17-6-5-9-27-17/h5-11,21H,12H2,1-4H3,(H,22,24). The molecule has 3 aromatic rings. The predicted molar refractivity (Wildman–Crippen MR) is 107 cm³/mol. The molecule has 0 spiro atoms. The van der Waals surface area contributed by atoms with E-state index >= 15 is 0 Å². The number of carbonyl (C=O) groups is 1. The molecule has 3 rings (SSSR count). The van der Waals surface area contributed by atoms with E-state index in [1.165, 1.54) is 13.1 Å². The van der Waals surface area contributed by atoms with E-state index in [9.17, 15) is 13.2 Å². The summed E-state index contributed by atoms with van der Waals surface area (Å²) in [7, 11) is -2.25. The number of benzene rings is 1. The molecule has 0 unspecified atom stereocenters. The maximum atomic E-state index is 12.8. The molecule has 0 radical (unpaired) electrons. The topological polar surface area (TPSA) is 93.3 Å². The molecule has 1 amide bonds. The first kappa shape index (κ1) is 19.9. The summed E-state index contributed by atoms with van der Waals surface area (Å²) in [5.41, 5.74) is 3.29. The number of hydrogen-bond acceptors (Lipinski definition) is 4. The summed E-state index contributed by atoms with van der Waals surface area (Å²) in [4.78, 5) is 12.9. The third-order valence-corrected chi connectivity index (χ3v) is 6.27. The molecule has 0 atom stereocenters. The third-order valence-electron chi connectivity index (χ3n) is 4.72. The van der Waals surface area contributed by atoms with Crippen molar-refractivity contribution in [1.82, 2.24) is 9.29 Å². The second-order valence-electron chi connectivity index (χ2n) is 6.59. The minimum Gasteiger partial charge on any atom is -0.467 e. The van der Waals surface area contributed by atoms with Crippen molar-refractivity contribution in [2.75, 3.05) is 12.4 Å². The lowest BCUT2D eigenvalue weighted by atomic mass is 10.2. The summed E-state index contributed by atoms with van der Waals surface area (Å²) in [5, 5.41) is 2.79. The molecule has 8 heteroatoms. The fourth-order valence-corrected chi connectivity index (χ4v) is 4.10. The lowest BCUT2D eigenvalue weighted by Crippen LogP contribution is -2.20. The monoisotopic (exact) mass is 401 g/mol. The Kier molecular flexibility index (Phi) is 5.44. The summed E-state index contributed by atoms with van der Waals surface area (Å²) in [6, 6.07) is 10.3. The van der Waals surface area contributed by atoms with E-state index in [1.807, 2.05) is 36.6 Å². The van der Waals surface area contributed by atoms with Crippen molar-refractivity contribution < 1.29 is 17.6 Å². The number of anilines is 1. The maximum absolute atomic E-state index is 12.8. The first-order valence-electron chi connectivity index (χ1n) is 8.77. The van der Waals surface area contributed by atoms with Gasteiger partial charge >= 0.3 is 0 Å². The van der Waals surface area contributed by atoms with Crippen LogP contribution in [0.3, 0.4) is 0 Å². The fourth-order valence-electron chi connectivity index (χ4n) is 3.11. The molecular weight excluding hydrogens is 378 g/mol. The second kappa shape index (κ2) is 7.65. The molecule has 0 fully saturated rings. The van der Waals surface area contributed by atoms with Crippen LogP contribution in [0, 0.1) is 20.8 Å². The van der Waals surface area contributed by atoms with Gasteiger partial charge in [-0.05, 0) is 63.7 Å². The molecule has 0 aliphatic carbocycles. The van der Waals surface area contributed by atoms with E-state index in [-0.39, 0.29) is 10.8 Å². The van der Waals surface area contributed by atoms with Gasteiger partial charge in [0.15, 0.2) is 0 Å². The third kappa shape index (κ3) is 3.88. The van der Waals surface area contributed by atoms with Crippen LogP contribution in [0.25, 0.3) is 0 Å². The molecule has 0 aliphatic rings. The minimum absolute atomic E-state index is 0.135. The number of sulfonamides is 1. The van der Waals surface area contributed by atoms with Gasteiger partial charge in [-0.2, -0.15) is 0 Å². The smallest absolute Gasteiger partial charge is 0.257 e. The van der Waals surface area contributed by atoms with Gasteiger partial charge in [-0.25, -0.2) is 13.1 Å². The van der Waals surface area contributed by atoms with E-state index in [0.29, 0.717) is 23.4 Å². The highest BCUT2D eigenvalue weighted by Gasteiger charge is 2.19. The molecule has 28 heavy (non-hydrogen) atoms. The summed E-state index contributed by atoms with van der Waals surface area (Å²) in [6.45, 7) is 6.04. The Hall–Kier alpha value is -2.84. The van der Waals surface area contributed by atoms with Gasteiger partial charge in [0, 0.05) is 17.1 Å². The number of amides is 1. The van der Waals surface area contributed by atoms with Gasteiger partial charge in [0.1, 0.15) is 5.76 Å². The first-order chi connectivity index (χ1) is 13.2. The molecule has 1 aromatic carbocycles. The number of carbonyl (C=O) groups excluding carboxylic acids is 1. The van der Waals surface area contributed by atoms with E-state index in [0.717, 1.165) is 17.1 Å². The number of hydrogen-bond donors (Lipinski definition) is 2. The highest BCUT2D eigenvalue weighted by molar-refractivity contribution is 7.89. The Labute approximate surface area is 164 Å². The average Bonchev–Trinajstić information content (AvgIpc) is 3.27. The Morgan fingerprint density at radius 2 is 1.89 bits per heavy atom. The van der Waals surface area contributed by atoms with Gasteiger partial charge < -0.3 is 14.3 Å². The first-order valence-corrected chi connectivity index (χ1v) is 10.3. The number of nitrogens with one attached hydrogen (secondary N) is 2. The van der Waals surface area contributed by atoms with Gasteiger partial charge in [0.2, 0.25) is 10.0 Å². The van der Waals surface area contributed by atoms with Gasteiger partial charge in [-0.15, -0.1) is 0 Å². The number of nitrogens with zero attached hydrogens (tertiary/aromatic N) is 1. The quantitative estimate of drug-likeness (QED) is 0.663. The van der Waals surface area contributed by atoms with Crippen molar-refractivity contribution in [2.45, 2.75) is 32.2 Å². The second-order valence-corrected chi connectivity index (χ2v) is 8.45. The number of aryl methyl sites for hydroxylation is 2.